The standard InChI is InChI=1S/C25H28BN9O3/c1-24(2)25(3,4)38-26(37-24)17-7-5-15(6-8-17)14-34-12-11-16-13-18(9-10-19(16)34)35-23(22(31-28)32-29)30-21(33-35)20(27)36/h5-13,28H,14,29H2,1-4H3,(H2,27,36). The average Bonchev–Trinajstić information content (AvgIpc) is 3.54. The Balaban J connectivity index is 1.40. The lowest BCUT2D eigenvalue weighted by Crippen LogP contribution is -2.41. The maximum atomic E-state index is 11.7. The van der Waals surface area contributed by atoms with Gasteiger partial charge in [-0.2, -0.15) is 10.1 Å². The second kappa shape index (κ2) is 9.19. The summed E-state index contributed by atoms with van der Waals surface area (Å²) >= 11 is 0. The fourth-order valence-corrected chi connectivity index (χ4v) is 4.29. The van der Waals surface area contributed by atoms with Gasteiger partial charge in [-0.15, -0.1) is 10.2 Å². The molecule has 1 aliphatic heterocycles. The summed E-state index contributed by atoms with van der Waals surface area (Å²) in [5, 5.41) is 11.8. The average molecular weight is 513 g/mol. The number of fused-ring (bicyclic) bond motifs is 1. The van der Waals surface area contributed by atoms with Crippen LogP contribution in [0.1, 0.15) is 49.7 Å². The number of nitrogens with two attached hydrogens (primary N) is 2. The molecule has 13 heteroatoms. The summed E-state index contributed by atoms with van der Waals surface area (Å²) in [4.78, 5) is 15.7. The molecule has 2 aromatic heterocycles. The van der Waals surface area contributed by atoms with E-state index in [1.807, 2.05) is 70.3 Å². The Bertz CT molecular complexity index is 1550. The third-order valence-corrected chi connectivity index (χ3v) is 7.11. The molecule has 1 aliphatic rings. The van der Waals surface area contributed by atoms with Crippen LogP contribution in [0.25, 0.3) is 16.6 Å². The van der Waals surface area contributed by atoms with Crippen LogP contribution in [0.5, 0.6) is 0 Å². The predicted molar refractivity (Wildman–Crippen MR) is 143 cm³/mol. The number of hydrogen-bond acceptors (Lipinski definition) is 8. The zero-order valence-electron chi connectivity index (χ0n) is 21.5. The molecule has 5 rings (SSSR count). The van der Waals surface area contributed by atoms with E-state index in [0.29, 0.717) is 12.2 Å². The number of hydrogen-bond donors (Lipinski definition) is 3. The fourth-order valence-electron chi connectivity index (χ4n) is 4.29. The first kappa shape index (κ1) is 25.3. The zero-order chi connectivity index (χ0) is 27.2. The van der Waals surface area contributed by atoms with Crippen molar-refractivity contribution in [2.45, 2.75) is 45.4 Å². The second-order valence-electron chi connectivity index (χ2n) is 10.1. The first-order valence-electron chi connectivity index (χ1n) is 12.0. The maximum Gasteiger partial charge on any atom is 0.494 e. The van der Waals surface area contributed by atoms with Gasteiger partial charge in [0.05, 0.1) is 16.9 Å². The monoisotopic (exact) mass is 513 g/mol. The Kier molecular flexibility index (Phi) is 6.12. The molecule has 4 aromatic rings. The third kappa shape index (κ3) is 4.35. The van der Waals surface area contributed by atoms with Gasteiger partial charge < -0.3 is 25.5 Å². The van der Waals surface area contributed by atoms with Crippen LogP contribution in [0.3, 0.4) is 0 Å². The van der Waals surface area contributed by atoms with Gasteiger partial charge in [0.15, 0.2) is 0 Å². The summed E-state index contributed by atoms with van der Waals surface area (Å²) < 4.78 is 15.8. The lowest BCUT2D eigenvalue weighted by molar-refractivity contribution is 0.00578. The van der Waals surface area contributed by atoms with Crippen molar-refractivity contribution in [3.8, 4) is 5.69 Å². The second-order valence-corrected chi connectivity index (χ2v) is 10.1. The van der Waals surface area contributed by atoms with Gasteiger partial charge in [0.2, 0.25) is 17.5 Å². The van der Waals surface area contributed by atoms with Crippen LogP contribution in [0, 0.1) is 5.53 Å². The minimum atomic E-state index is -0.817. The van der Waals surface area contributed by atoms with E-state index in [9.17, 15) is 4.79 Å². The maximum absolute atomic E-state index is 11.7. The van der Waals surface area contributed by atoms with Crippen LogP contribution in [0.4, 0.5) is 0 Å². The van der Waals surface area contributed by atoms with Gasteiger partial charge in [0.25, 0.3) is 5.91 Å². The Morgan fingerprint density at radius 2 is 1.76 bits per heavy atom. The Morgan fingerprint density at radius 1 is 1.08 bits per heavy atom. The number of hydrazone groups is 1. The molecule has 2 aromatic carbocycles. The summed E-state index contributed by atoms with van der Waals surface area (Å²) in [6.45, 7) is 8.83. The summed E-state index contributed by atoms with van der Waals surface area (Å²) in [5.74, 6) is 4.15. The summed E-state index contributed by atoms with van der Waals surface area (Å²) in [6, 6.07) is 15.9. The highest BCUT2D eigenvalue weighted by Crippen LogP contribution is 2.36. The van der Waals surface area contributed by atoms with Gasteiger partial charge in [-0.1, -0.05) is 24.3 Å². The predicted octanol–water partition coefficient (Wildman–Crippen LogP) is 2.32. The number of nitrogens with zero attached hydrogens (tertiary/aromatic N) is 6. The van der Waals surface area contributed by atoms with E-state index in [1.165, 1.54) is 4.68 Å². The minimum absolute atomic E-state index is 0.0390. The molecule has 194 valence electrons. The molecular weight excluding hydrogens is 485 g/mol. The van der Waals surface area contributed by atoms with Crippen molar-refractivity contribution in [3.05, 3.63) is 71.9 Å². The first-order valence-corrected chi connectivity index (χ1v) is 12.0. The van der Waals surface area contributed by atoms with E-state index >= 15 is 0 Å². The van der Waals surface area contributed by atoms with E-state index in [1.54, 1.807) is 0 Å². The number of benzene rings is 2. The number of carbonyl (C=O) groups excluding carboxylic acids is 1. The molecule has 12 nitrogen and oxygen atoms in total. The number of carbonyl (C=O) groups is 1. The van der Waals surface area contributed by atoms with Crippen LogP contribution in [-0.2, 0) is 15.9 Å². The molecule has 1 amide bonds. The molecule has 3 heterocycles. The van der Waals surface area contributed by atoms with Crippen molar-refractivity contribution in [1.82, 2.24) is 19.3 Å². The van der Waals surface area contributed by atoms with Crippen molar-refractivity contribution in [1.29, 1.82) is 5.53 Å². The Morgan fingerprint density at radius 3 is 2.37 bits per heavy atom. The third-order valence-electron chi connectivity index (χ3n) is 7.11. The summed E-state index contributed by atoms with van der Waals surface area (Å²) in [6.07, 6.45) is 2.00. The number of aromatic nitrogens is 4. The molecule has 0 spiro atoms. The van der Waals surface area contributed by atoms with Crippen LogP contribution < -0.4 is 17.0 Å². The van der Waals surface area contributed by atoms with Crippen LogP contribution in [0.2, 0.25) is 0 Å². The highest BCUT2D eigenvalue weighted by Gasteiger charge is 2.51. The molecule has 0 unspecified atom stereocenters. The number of primary amides is 1. The molecule has 0 radical (unpaired) electrons. The fraction of sp³-hybridized carbons (Fsp3) is 0.280. The van der Waals surface area contributed by atoms with Gasteiger partial charge in [0, 0.05) is 23.6 Å². The van der Waals surface area contributed by atoms with Gasteiger partial charge in [-0.3, -0.25) is 4.79 Å². The summed E-state index contributed by atoms with van der Waals surface area (Å²) in [5.41, 5.74) is 15.6. The van der Waals surface area contributed by atoms with E-state index in [0.717, 1.165) is 21.9 Å². The topological polar surface area (TPSA) is 172 Å². The Hall–Kier alpha value is -4.36. The van der Waals surface area contributed by atoms with Crippen LogP contribution >= 0.6 is 0 Å². The normalized spacial score (nSPS) is 16.7. The highest BCUT2D eigenvalue weighted by molar-refractivity contribution is 6.62. The lowest BCUT2D eigenvalue weighted by atomic mass is 9.79. The molecule has 1 fully saturated rings. The van der Waals surface area contributed by atoms with Gasteiger partial charge in [0.1, 0.15) is 0 Å². The number of rotatable bonds is 6. The first-order chi connectivity index (χ1) is 18.0. The number of amides is 1. The largest absolute Gasteiger partial charge is 0.494 e. The van der Waals surface area contributed by atoms with E-state index in [4.69, 9.17) is 26.4 Å². The number of amidine groups is 1. The van der Waals surface area contributed by atoms with Gasteiger partial charge in [-0.25, -0.2) is 10.2 Å². The number of nitrogens with one attached hydrogen (secondary N) is 1. The molecule has 38 heavy (non-hydrogen) atoms. The molecule has 5 N–H and O–H groups in total. The summed E-state index contributed by atoms with van der Waals surface area (Å²) in [7, 11) is -0.399. The van der Waals surface area contributed by atoms with Crippen molar-refractivity contribution in [2.75, 3.05) is 0 Å². The molecule has 1 saturated heterocycles. The molecule has 0 saturated carbocycles. The lowest BCUT2D eigenvalue weighted by Gasteiger charge is -2.32. The molecular formula is C25H28BN9O3. The SMILES string of the molecule is CC1(C)OB(c2ccc(Cn3ccc4cc(-n5nc(C(N)=O)nc5C(N=N)=NN)ccc43)cc2)OC1(C)C. The minimum Gasteiger partial charge on any atom is -0.399 e. The quantitative estimate of drug-likeness (QED) is 0.0892. The van der Waals surface area contributed by atoms with Crippen molar-refractivity contribution in [2.24, 2.45) is 21.8 Å². The van der Waals surface area contributed by atoms with Gasteiger partial charge >= 0.3 is 7.12 Å². The van der Waals surface area contributed by atoms with Crippen molar-refractivity contribution in [3.63, 3.8) is 0 Å². The smallest absolute Gasteiger partial charge is 0.399 e. The molecule has 0 bridgehead atoms. The van der Waals surface area contributed by atoms with Crippen LogP contribution in [0.15, 0.2) is 64.9 Å². The van der Waals surface area contributed by atoms with Gasteiger partial charge in [-0.05, 0) is 63.0 Å². The van der Waals surface area contributed by atoms with Crippen molar-refractivity contribution < 1.29 is 14.1 Å². The zero-order valence-corrected chi connectivity index (χ0v) is 21.5. The van der Waals surface area contributed by atoms with E-state index in [-0.39, 0.29) is 28.7 Å². The highest BCUT2D eigenvalue weighted by atomic mass is 16.7. The van der Waals surface area contributed by atoms with Crippen LogP contribution in [-0.4, -0.2) is 49.4 Å². The van der Waals surface area contributed by atoms with E-state index in [2.05, 4.69) is 37.0 Å². The molecule has 0 aliphatic carbocycles. The Labute approximate surface area is 219 Å². The molecule has 0 atom stereocenters. The van der Waals surface area contributed by atoms with Crippen molar-refractivity contribution >= 4 is 35.2 Å². The van der Waals surface area contributed by atoms with E-state index < -0.39 is 13.0 Å².